The van der Waals surface area contributed by atoms with Crippen LogP contribution in [0.15, 0.2) is 6.08 Å². The Hall–Kier alpha value is -2.13. The molecule has 1 aliphatic rings. The summed E-state index contributed by atoms with van der Waals surface area (Å²) in [5.41, 5.74) is 1.45. The molecule has 1 aromatic heterocycles. The highest BCUT2D eigenvalue weighted by atomic mass is 35.5. The average molecular weight is 400 g/mol. The summed E-state index contributed by atoms with van der Waals surface area (Å²) < 4.78 is 6.40. The number of hydrazine groups is 1. The summed E-state index contributed by atoms with van der Waals surface area (Å²) in [6.45, 7) is 4.98. The molecule has 2 heterocycles. The van der Waals surface area contributed by atoms with Crippen LogP contribution in [-0.4, -0.2) is 63.0 Å². The highest BCUT2D eigenvalue weighted by Crippen LogP contribution is 2.20. The number of hydrogen-bond acceptors (Lipinski definition) is 5. The van der Waals surface area contributed by atoms with Crippen LogP contribution in [-0.2, 0) is 21.4 Å². The number of esters is 1. The van der Waals surface area contributed by atoms with Crippen molar-refractivity contribution in [3.8, 4) is 0 Å². The molecular weight excluding hydrogens is 378 g/mol. The molecule has 1 aromatic rings. The van der Waals surface area contributed by atoms with Crippen molar-refractivity contribution < 1.29 is 14.3 Å². The number of amides is 1. The van der Waals surface area contributed by atoms with Crippen LogP contribution in [0.5, 0.6) is 0 Å². The molecule has 0 unspecified atom stereocenters. The van der Waals surface area contributed by atoms with Gasteiger partial charge in [-0.1, -0.05) is 11.6 Å². The Balaban J connectivity index is 2.00. The molecule has 0 spiro atoms. The van der Waals surface area contributed by atoms with E-state index in [0.29, 0.717) is 35.5 Å². The molecule has 1 amide bonds. The molecule has 1 N–H and O–H groups in total. The van der Waals surface area contributed by atoms with Gasteiger partial charge in [-0.3, -0.25) is 19.3 Å². The summed E-state index contributed by atoms with van der Waals surface area (Å²) >= 11 is 11.5. The van der Waals surface area contributed by atoms with E-state index in [9.17, 15) is 9.59 Å². The number of carbonyl (C=O) groups is 2. The summed E-state index contributed by atoms with van der Waals surface area (Å²) in [4.78, 5) is 24.0. The Morgan fingerprint density at radius 3 is 2.69 bits per heavy atom. The van der Waals surface area contributed by atoms with Crippen LogP contribution >= 0.6 is 23.8 Å². The van der Waals surface area contributed by atoms with Crippen molar-refractivity contribution in [3.63, 3.8) is 0 Å². The highest BCUT2D eigenvalue weighted by Gasteiger charge is 2.27. The van der Waals surface area contributed by atoms with Crippen molar-refractivity contribution in [2.24, 2.45) is 7.05 Å². The molecule has 8 nitrogen and oxygen atoms in total. The number of aromatic nitrogens is 2. The zero-order chi connectivity index (χ0) is 19.3. The number of rotatable bonds is 5. The number of halogens is 1. The predicted octanol–water partition coefficient (Wildman–Crippen LogP) is 1.28. The molecule has 0 saturated carbocycles. The smallest absolute Gasteiger partial charge is 0.325 e. The molecule has 0 aromatic carbocycles. The van der Waals surface area contributed by atoms with E-state index >= 15 is 0 Å². The quantitative estimate of drug-likeness (QED) is 0.454. The number of carbonyl (C=O) groups excluding carboxylic acids is 2. The van der Waals surface area contributed by atoms with Crippen LogP contribution in [0.1, 0.15) is 24.6 Å². The van der Waals surface area contributed by atoms with E-state index in [1.165, 1.54) is 11.1 Å². The maximum atomic E-state index is 12.6. The molecule has 1 saturated heterocycles. The van der Waals surface area contributed by atoms with Gasteiger partial charge in [0, 0.05) is 31.8 Å². The molecule has 0 bridgehead atoms. The van der Waals surface area contributed by atoms with Gasteiger partial charge in [0.05, 0.1) is 12.3 Å². The van der Waals surface area contributed by atoms with E-state index < -0.39 is 5.97 Å². The lowest BCUT2D eigenvalue weighted by atomic mass is 10.2. The first-order valence-corrected chi connectivity index (χ1v) is 9.03. The Labute approximate surface area is 162 Å². The van der Waals surface area contributed by atoms with Crippen molar-refractivity contribution in [3.05, 3.63) is 22.5 Å². The fourth-order valence-electron chi connectivity index (χ4n) is 2.58. The molecule has 2 rings (SSSR count). The van der Waals surface area contributed by atoms with E-state index in [-0.39, 0.29) is 12.5 Å². The normalized spacial score (nSPS) is 14.2. The van der Waals surface area contributed by atoms with Crippen molar-refractivity contribution >= 4 is 46.9 Å². The number of nitrogens with zero attached hydrogens (tertiary/aromatic N) is 4. The summed E-state index contributed by atoms with van der Waals surface area (Å²) in [7, 11) is 1.74. The average Bonchev–Trinajstić information content (AvgIpc) is 3.17. The molecular formula is C16H22ClN5O3S. The first-order valence-electron chi connectivity index (χ1n) is 8.24. The summed E-state index contributed by atoms with van der Waals surface area (Å²) in [6, 6.07) is 0. The molecule has 0 radical (unpaired) electrons. The second kappa shape index (κ2) is 9.00. The van der Waals surface area contributed by atoms with Gasteiger partial charge in [0.1, 0.15) is 11.7 Å². The number of nitrogens with one attached hydrogen (secondary N) is 1. The Morgan fingerprint density at radius 1 is 1.38 bits per heavy atom. The summed E-state index contributed by atoms with van der Waals surface area (Å²) in [5.74, 6) is -0.615. The maximum Gasteiger partial charge on any atom is 0.325 e. The van der Waals surface area contributed by atoms with Crippen molar-refractivity contribution in [2.45, 2.75) is 20.3 Å². The number of thiocarbonyl (C=S) groups is 1. The van der Waals surface area contributed by atoms with Gasteiger partial charge < -0.3 is 10.1 Å². The second-order valence-corrected chi connectivity index (χ2v) is 6.39. The van der Waals surface area contributed by atoms with E-state index in [2.05, 4.69) is 10.4 Å². The van der Waals surface area contributed by atoms with E-state index in [1.54, 1.807) is 29.7 Å². The fraction of sp³-hybridized carbons (Fsp3) is 0.500. The molecule has 142 valence electrons. The standard InChI is InChI=1S/C16H22ClN5O3S/c1-4-25-14(24)10-18-16(26)22-9-5-8-21(22)13(23)7-6-12-11(2)19-20(3)15(12)17/h6-7H,4-5,8-10H2,1-3H3,(H,18,26). The Morgan fingerprint density at radius 2 is 2.08 bits per heavy atom. The zero-order valence-corrected chi connectivity index (χ0v) is 16.6. The maximum absolute atomic E-state index is 12.6. The van der Waals surface area contributed by atoms with E-state index in [1.807, 2.05) is 6.92 Å². The van der Waals surface area contributed by atoms with Gasteiger partial charge in [0.25, 0.3) is 5.91 Å². The topological polar surface area (TPSA) is 79.7 Å². The number of ether oxygens (including phenoxy) is 1. The van der Waals surface area contributed by atoms with Crippen molar-refractivity contribution in [1.82, 2.24) is 25.1 Å². The first-order chi connectivity index (χ1) is 12.3. The zero-order valence-electron chi connectivity index (χ0n) is 15.0. The minimum Gasteiger partial charge on any atom is -0.465 e. The minimum atomic E-state index is -0.395. The van der Waals surface area contributed by atoms with Crippen LogP contribution in [0, 0.1) is 6.92 Å². The molecule has 0 aliphatic carbocycles. The van der Waals surface area contributed by atoms with E-state index in [0.717, 1.165) is 12.1 Å². The summed E-state index contributed by atoms with van der Waals surface area (Å²) in [5, 5.41) is 11.0. The lowest BCUT2D eigenvalue weighted by Crippen LogP contribution is -2.49. The first kappa shape index (κ1) is 20.2. The minimum absolute atomic E-state index is 0.0362. The molecule has 26 heavy (non-hydrogen) atoms. The third kappa shape index (κ3) is 4.73. The Kier molecular flexibility index (Phi) is 6.98. The third-order valence-electron chi connectivity index (χ3n) is 3.80. The van der Waals surface area contributed by atoms with Gasteiger partial charge in [-0.05, 0) is 38.6 Å². The van der Waals surface area contributed by atoms with Gasteiger partial charge in [-0.25, -0.2) is 5.01 Å². The molecule has 1 aliphatic heterocycles. The second-order valence-electron chi connectivity index (χ2n) is 5.65. The van der Waals surface area contributed by atoms with Gasteiger partial charge in [0.2, 0.25) is 0 Å². The monoisotopic (exact) mass is 399 g/mol. The van der Waals surface area contributed by atoms with Crippen LogP contribution in [0.4, 0.5) is 0 Å². The van der Waals surface area contributed by atoms with Gasteiger partial charge >= 0.3 is 5.97 Å². The van der Waals surface area contributed by atoms with Crippen molar-refractivity contribution in [1.29, 1.82) is 0 Å². The molecule has 0 atom stereocenters. The molecule has 1 fully saturated rings. The van der Waals surface area contributed by atoms with Gasteiger partial charge in [0.15, 0.2) is 5.11 Å². The van der Waals surface area contributed by atoms with E-state index in [4.69, 9.17) is 28.6 Å². The van der Waals surface area contributed by atoms with Gasteiger partial charge in [-0.2, -0.15) is 5.10 Å². The van der Waals surface area contributed by atoms with Crippen LogP contribution in [0.3, 0.4) is 0 Å². The number of aryl methyl sites for hydroxylation is 2. The summed E-state index contributed by atoms with van der Waals surface area (Å²) in [6.07, 6.45) is 3.88. The lowest BCUT2D eigenvalue weighted by Gasteiger charge is -2.29. The molecule has 10 heteroatoms. The SMILES string of the molecule is CCOC(=O)CNC(=S)N1CCCN1C(=O)C=Cc1c(C)nn(C)c1Cl. The highest BCUT2D eigenvalue weighted by molar-refractivity contribution is 7.80. The van der Waals surface area contributed by atoms with Crippen LogP contribution < -0.4 is 5.32 Å². The number of hydrogen-bond donors (Lipinski definition) is 1. The van der Waals surface area contributed by atoms with Crippen LogP contribution in [0.25, 0.3) is 6.08 Å². The fourth-order valence-corrected chi connectivity index (χ4v) is 3.08. The van der Waals surface area contributed by atoms with Gasteiger partial charge in [-0.15, -0.1) is 0 Å². The predicted molar refractivity (Wildman–Crippen MR) is 102 cm³/mol. The largest absolute Gasteiger partial charge is 0.465 e. The van der Waals surface area contributed by atoms with Crippen LogP contribution in [0.2, 0.25) is 5.15 Å². The third-order valence-corrected chi connectivity index (χ3v) is 4.60. The Bertz CT molecular complexity index is 734. The lowest BCUT2D eigenvalue weighted by molar-refractivity contribution is -0.141. The van der Waals surface area contributed by atoms with Crippen molar-refractivity contribution in [2.75, 3.05) is 26.2 Å².